The van der Waals surface area contributed by atoms with Crippen molar-refractivity contribution in [2.75, 3.05) is 52.3 Å². The van der Waals surface area contributed by atoms with Crippen molar-refractivity contribution in [1.82, 2.24) is 4.90 Å². The third kappa shape index (κ3) is 6.59. The minimum Gasteiger partial charge on any atom is -0.497 e. The fourth-order valence-corrected chi connectivity index (χ4v) is 5.57. The molecule has 0 aromatic heterocycles. The average molecular weight is 654 g/mol. The van der Waals surface area contributed by atoms with E-state index in [0.717, 1.165) is 4.90 Å². The van der Waals surface area contributed by atoms with Gasteiger partial charge in [0.2, 0.25) is 11.7 Å². The number of methoxy groups -OCH3 is 5. The zero-order valence-corrected chi connectivity index (χ0v) is 27.1. The number of nitrogens with one attached hydrogen (secondary N) is 1. The fraction of sp³-hybridized carbons (Fsp3) is 0.222. The summed E-state index contributed by atoms with van der Waals surface area (Å²) in [6, 6.07) is 22.3. The first kappa shape index (κ1) is 33.3. The molecule has 12 nitrogen and oxygen atoms in total. The molecule has 1 atom stereocenters. The fourth-order valence-electron chi connectivity index (χ4n) is 5.57. The van der Waals surface area contributed by atoms with Gasteiger partial charge in [0.05, 0.1) is 52.5 Å². The van der Waals surface area contributed by atoms with Crippen LogP contribution in [0.1, 0.15) is 27.5 Å². The SMILES string of the molecule is COc1ccc(NC(=O)C(c2cc(OC)c(OC)c(OC)c2)N(Cc2ccccc2)C(=O)CN2C(=O)C(=O)c3ccccc32)c(OC)c1. The van der Waals surface area contributed by atoms with Crippen LogP contribution in [0.4, 0.5) is 11.4 Å². The number of hydrogen-bond acceptors (Lipinski definition) is 9. The van der Waals surface area contributed by atoms with Gasteiger partial charge in [0.15, 0.2) is 11.5 Å². The van der Waals surface area contributed by atoms with Crippen molar-refractivity contribution in [3.05, 3.63) is 102 Å². The Morgan fingerprint density at radius 2 is 1.40 bits per heavy atom. The number of anilines is 2. The minimum absolute atomic E-state index is 0.0359. The van der Waals surface area contributed by atoms with Crippen molar-refractivity contribution in [2.45, 2.75) is 12.6 Å². The third-order valence-electron chi connectivity index (χ3n) is 7.92. The van der Waals surface area contributed by atoms with Crippen LogP contribution < -0.4 is 33.9 Å². The maximum absolute atomic E-state index is 14.5. The highest BCUT2D eigenvalue weighted by molar-refractivity contribution is 6.52. The van der Waals surface area contributed by atoms with E-state index in [-0.39, 0.29) is 23.6 Å². The first-order valence-electron chi connectivity index (χ1n) is 14.9. The molecule has 1 heterocycles. The Kier molecular flexibility index (Phi) is 10.1. The monoisotopic (exact) mass is 653 g/mol. The Hall–Kier alpha value is -6.04. The lowest BCUT2D eigenvalue weighted by atomic mass is 10.0. The number of amides is 3. The second-order valence-corrected chi connectivity index (χ2v) is 10.7. The predicted molar refractivity (Wildman–Crippen MR) is 177 cm³/mol. The van der Waals surface area contributed by atoms with Gasteiger partial charge in [0.1, 0.15) is 24.1 Å². The minimum atomic E-state index is -1.32. The molecule has 0 spiro atoms. The first-order valence-corrected chi connectivity index (χ1v) is 14.9. The molecule has 0 bridgehead atoms. The molecule has 1 aliphatic rings. The van der Waals surface area contributed by atoms with Crippen LogP contribution in [0.5, 0.6) is 28.7 Å². The summed E-state index contributed by atoms with van der Waals surface area (Å²) in [6.07, 6.45) is 0. The molecule has 1 aliphatic heterocycles. The van der Waals surface area contributed by atoms with Crippen molar-refractivity contribution in [3.63, 3.8) is 0 Å². The standard InChI is InChI=1S/C36H35N3O9/c1-44-24-15-16-26(28(19-24)45-2)37-35(42)32(23-17-29(46-3)34(48-5)30(18-23)47-4)39(20-22-11-7-6-8-12-22)31(40)21-38-27-14-10-9-13-25(27)33(41)36(38)43/h6-19,32H,20-21H2,1-5H3,(H,37,42). The molecule has 5 rings (SSSR count). The smallest absolute Gasteiger partial charge is 0.299 e. The average Bonchev–Trinajstić information content (AvgIpc) is 3.35. The number of nitrogens with zero attached hydrogens (tertiary/aromatic N) is 2. The second-order valence-electron chi connectivity index (χ2n) is 10.7. The molecule has 248 valence electrons. The number of ketones is 1. The van der Waals surface area contributed by atoms with Gasteiger partial charge >= 0.3 is 0 Å². The Morgan fingerprint density at radius 1 is 0.750 bits per heavy atom. The number of hydrogen-bond donors (Lipinski definition) is 1. The van der Waals surface area contributed by atoms with Crippen molar-refractivity contribution in [1.29, 1.82) is 0 Å². The van der Waals surface area contributed by atoms with Crippen LogP contribution in [0, 0.1) is 0 Å². The van der Waals surface area contributed by atoms with Crippen molar-refractivity contribution < 1.29 is 42.9 Å². The van der Waals surface area contributed by atoms with E-state index >= 15 is 0 Å². The van der Waals surface area contributed by atoms with Crippen molar-refractivity contribution in [3.8, 4) is 28.7 Å². The van der Waals surface area contributed by atoms with Gasteiger partial charge in [-0.05, 0) is 47.5 Å². The Morgan fingerprint density at radius 3 is 2.02 bits per heavy atom. The topological polar surface area (TPSA) is 133 Å². The summed E-state index contributed by atoms with van der Waals surface area (Å²) in [5.41, 5.74) is 1.88. The van der Waals surface area contributed by atoms with E-state index in [1.165, 1.54) is 46.5 Å². The number of benzene rings is 4. The summed E-state index contributed by atoms with van der Waals surface area (Å²) in [4.78, 5) is 57.4. The van der Waals surface area contributed by atoms with Crippen molar-refractivity contribution in [2.24, 2.45) is 0 Å². The van der Waals surface area contributed by atoms with Crippen LogP contribution in [-0.2, 0) is 20.9 Å². The molecule has 0 saturated heterocycles. The summed E-state index contributed by atoms with van der Waals surface area (Å²) in [6.45, 7) is -0.541. The molecule has 4 aromatic carbocycles. The highest BCUT2D eigenvalue weighted by Crippen LogP contribution is 2.42. The molecule has 0 aliphatic carbocycles. The van der Waals surface area contributed by atoms with Crippen LogP contribution in [0.3, 0.4) is 0 Å². The lowest BCUT2D eigenvalue weighted by molar-refractivity contribution is -0.139. The lowest BCUT2D eigenvalue weighted by Crippen LogP contribution is -2.46. The quantitative estimate of drug-likeness (QED) is 0.205. The largest absolute Gasteiger partial charge is 0.497 e. The molecule has 1 N–H and O–H groups in total. The van der Waals surface area contributed by atoms with Gasteiger partial charge in [-0.25, -0.2) is 0 Å². The predicted octanol–water partition coefficient (Wildman–Crippen LogP) is 4.67. The zero-order valence-electron chi connectivity index (χ0n) is 27.1. The number of ether oxygens (including phenoxy) is 5. The van der Waals surface area contributed by atoms with E-state index in [1.807, 2.05) is 30.3 Å². The molecule has 3 amide bonds. The van der Waals surface area contributed by atoms with Crippen molar-refractivity contribution >= 4 is 34.9 Å². The summed E-state index contributed by atoms with van der Waals surface area (Å²) in [7, 11) is 7.31. The summed E-state index contributed by atoms with van der Waals surface area (Å²) in [5, 5.41) is 2.90. The van der Waals surface area contributed by atoms with E-state index in [2.05, 4.69) is 5.32 Å². The van der Waals surface area contributed by atoms with E-state index < -0.39 is 36.1 Å². The van der Waals surface area contributed by atoms with E-state index in [4.69, 9.17) is 23.7 Å². The number of Topliss-reactive ketones (excluding diaryl/α,β-unsaturated/α-hetero) is 1. The molecule has 1 unspecified atom stereocenters. The Labute approximate surface area is 277 Å². The summed E-state index contributed by atoms with van der Waals surface area (Å²) in [5.74, 6) is -1.12. The number of fused-ring (bicyclic) bond motifs is 1. The second kappa shape index (κ2) is 14.6. The van der Waals surface area contributed by atoms with E-state index in [9.17, 15) is 19.2 Å². The van der Waals surface area contributed by atoms with Crippen LogP contribution in [-0.4, -0.2) is 70.5 Å². The van der Waals surface area contributed by atoms with Crippen LogP contribution in [0.15, 0.2) is 84.9 Å². The Bertz CT molecular complexity index is 1820. The van der Waals surface area contributed by atoms with Crippen LogP contribution in [0.25, 0.3) is 0 Å². The lowest BCUT2D eigenvalue weighted by Gasteiger charge is -2.33. The van der Waals surface area contributed by atoms with Crippen LogP contribution in [0.2, 0.25) is 0 Å². The number of rotatable bonds is 13. The van der Waals surface area contributed by atoms with Gasteiger partial charge in [0, 0.05) is 12.6 Å². The maximum atomic E-state index is 14.5. The molecule has 0 saturated carbocycles. The highest BCUT2D eigenvalue weighted by Gasteiger charge is 2.40. The van der Waals surface area contributed by atoms with Gasteiger partial charge in [-0.15, -0.1) is 0 Å². The molecule has 0 radical (unpaired) electrons. The number of para-hydroxylation sites is 1. The third-order valence-corrected chi connectivity index (χ3v) is 7.92. The van der Waals surface area contributed by atoms with Gasteiger partial charge in [0.25, 0.3) is 17.6 Å². The van der Waals surface area contributed by atoms with E-state index in [0.29, 0.717) is 39.8 Å². The maximum Gasteiger partial charge on any atom is 0.299 e. The molecular formula is C36H35N3O9. The molecule has 12 heteroatoms. The number of carbonyl (C=O) groups excluding carboxylic acids is 4. The molecular weight excluding hydrogens is 618 g/mol. The molecule has 0 fully saturated rings. The van der Waals surface area contributed by atoms with Gasteiger partial charge in [-0.1, -0.05) is 42.5 Å². The molecule has 48 heavy (non-hydrogen) atoms. The normalized spacial score (nSPS) is 12.6. The zero-order chi connectivity index (χ0) is 34.4. The molecule has 4 aromatic rings. The Balaban J connectivity index is 1.65. The van der Waals surface area contributed by atoms with Gasteiger partial charge in [-0.2, -0.15) is 0 Å². The number of carbonyl (C=O) groups is 4. The van der Waals surface area contributed by atoms with Gasteiger partial charge < -0.3 is 33.9 Å². The van der Waals surface area contributed by atoms with Crippen LogP contribution >= 0.6 is 0 Å². The van der Waals surface area contributed by atoms with E-state index in [1.54, 1.807) is 48.5 Å². The highest BCUT2D eigenvalue weighted by atomic mass is 16.5. The summed E-state index contributed by atoms with van der Waals surface area (Å²) >= 11 is 0. The van der Waals surface area contributed by atoms with Gasteiger partial charge in [-0.3, -0.25) is 24.1 Å². The summed E-state index contributed by atoms with van der Waals surface area (Å²) < 4.78 is 27.5. The first-order chi connectivity index (χ1) is 23.2.